The van der Waals surface area contributed by atoms with E-state index in [4.69, 9.17) is 11.6 Å². The quantitative estimate of drug-likeness (QED) is 0.711. The van der Waals surface area contributed by atoms with Gasteiger partial charge in [0.2, 0.25) is 10.0 Å². The molecule has 0 unspecified atom stereocenters. The second kappa shape index (κ2) is 9.39. The molecule has 1 heterocycles. The van der Waals surface area contributed by atoms with E-state index in [0.29, 0.717) is 38.3 Å². The molecule has 0 aromatic heterocycles. The third-order valence-electron chi connectivity index (χ3n) is 5.39. The van der Waals surface area contributed by atoms with E-state index in [9.17, 15) is 13.2 Å². The second-order valence-corrected chi connectivity index (χ2v) is 9.78. The fourth-order valence-corrected chi connectivity index (χ4v) is 5.50. The number of benzene rings is 1. The van der Waals surface area contributed by atoms with Crippen molar-refractivity contribution in [2.45, 2.75) is 37.0 Å². The van der Waals surface area contributed by atoms with Crippen molar-refractivity contribution in [3.8, 4) is 0 Å². The number of nitrogens with zero attached hydrogens (tertiary/aromatic N) is 2. The predicted molar refractivity (Wildman–Crippen MR) is 111 cm³/mol. The molecule has 1 aliphatic carbocycles. The van der Waals surface area contributed by atoms with Crippen LogP contribution in [0.25, 0.3) is 0 Å². The number of hydrogen-bond acceptors (Lipinski definition) is 4. The van der Waals surface area contributed by atoms with Crippen LogP contribution in [0.4, 0.5) is 0 Å². The number of carbonyl (C=O) groups is 1. The summed E-state index contributed by atoms with van der Waals surface area (Å²) in [6, 6.07) is 4.45. The van der Waals surface area contributed by atoms with Gasteiger partial charge in [0.25, 0.3) is 5.91 Å². The summed E-state index contributed by atoms with van der Waals surface area (Å²) in [6.45, 7) is 2.73. The van der Waals surface area contributed by atoms with Crippen LogP contribution in [0, 0.1) is 0 Å². The van der Waals surface area contributed by atoms with Crippen molar-refractivity contribution in [3.05, 3.63) is 40.4 Å². The van der Waals surface area contributed by atoms with E-state index in [-0.39, 0.29) is 15.8 Å². The summed E-state index contributed by atoms with van der Waals surface area (Å²) in [5, 5.41) is 3.03. The van der Waals surface area contributed by atoms with Crippen LogP contribution in [-0.2, 0) is 10.0 Å². The van der Waals surface area contributed by atoms with Crippen molar-refractivity contribution in [3.63, 3.8) is 0 Å². The molecule has 28 heavy (non-hydrogen) atoms. The van der Waals surface area contributed by atoms with Gasteiger partial charge in [-0.25, -0.2) is 8.42 Å². The minimum atomic E-state index is -3.72. The number of piperazine rings is 1. The minimum Gasteiger partial charge on any atom is -0.352 e. The standard InChI is InChI=1S/C20H28ClN3O3S/c1-23-11-13-24(14-12-23)28(26,27)19-15-17(7-8-18(19)21)20(25)22-10-9-16-5-3-2-4-6-16/h5,7-8,15H,2-4,6,9-14H2,1H3,(H,22,25). The van der Waals surface area contributed by atoms with Gasteiger partial charge in [0, 0.05) is 38.3 Å². The maximum atomic E-state index is 13.0. The Morgan fingerprint density at radius 2 is 1.93 bits per heavy atom. The lowest BCUT2D eigenvalue weighted by atomic mass is 9.97. The van der Waals surface area contributed by atoms with Gasteiger partial charge in [-0.15, -0.1) is 0 Å². The van der Waals surface area contributed by atoms with Gasteiger partial charge in [0.15, 0.2) is 0 Å². The van der Waals surface area contributed by atoms with Gasteiger partial charge in [0.1, 0.15) is 4.90 Å². The molecule has 1 aromatic carbocycles. The van der Waals surface area contributed by atoms with Crippen LogP contribution in [-0.4, -0.2) is 63.3 Å². The zero-order valence-electron chi connectivity index (χ0n) is 16.3. The number of rotatable bonds is 6. The van der Waals surface area contributed by atoms with Crippen LogP contribution in [0.3, 0.4) is 0 Å². The largest absolute Gasteiger partial charge is 0.352 e. The fraction of sp³-hybridized carbons (Fsp3) is 0.550. The number of halogens is 1. The number of likely N-dealkylation sites (N-methyl/N-ethyl adjacent to an activating group) is 1. The minimum absolute atomic E-state index is 0.00126. The van der Waals surface area contributed by atoms with Crippen LogP contribution >= 0.6 is 11.6 Å². The first-order valence-corrected chi connectivity index (χ1v) is 11.6. The lowest BCUT2D eigenvalue weighted by Crippen LogP contribution is -2.47. The normalized spacial score (nSPS) is 19.3. The molecule has 8 heteroatoms. The Balaban J connectivity index is 1.68. The van der Waals surface area contributed by atoms with Crippen LogP contribution in [0.2, 0.25) is 5.02 Å². The highest BCUT2D eigenvalue weighted by molar-refractivity contribution is 7.89. The number of carbonyl (C=O) groups excluding carboxylic acids is 1. The third kappa shape index (κ3) is 5.14. The van der Waals surface area contributed by atoms with Crippen molar-refractivity contribution in [2.75, 3.05) is 39.8 Å². The topological polar surface area (TPSA) is 69.7 Å². The molecule has 1 fully saturated rings. The number of hydrogen-bond donors (Lipinski definition) is 1. The number of amides is 1. The Morgan fingerprint density at radius 1 is 1.18 bits per heavy atom. The summed E-state index contributed by atoms with van der Waals surface area (Å²) in [6.07, 6.45) is 7.78. The van der Waals surface area contributed by atoms with Crippen molar-refractivity contribution >= 4 is 27.5 Å². The lowest BCUT2D eigenvalue weighted by Gasteiger charge is -2.31. The highest BCUT2D eigenvalue weighted by atomic mass is 35.5. The molecule has 0 bridgehead atoms. The Hall–Kier alpha value is -1.41. The van der Waals surface area contributed by atoms with E-state index < -0.39 is 10.0 Å². The molecule has 0 saturated carbocycles. The first kappa shape index (κ1) is 21.3. The predicted octanol–water partition coefficient (Wildman–Crippen LogP) is 2.90. The van der Waals surface area contributed by atoms with Gasteiger partial charge in [-0.2, -0.15) is 4.31 Å². The number of sulfonamides is 1. The molecule has 1 saturated heterocycles. The molecule has 0 spiro atoms. The smallest absolute Gasteiger partial charge is 0.251 e. The van der Waals surface area contributed by atoms with E-state index in [0.717, 1.165) is 19.3 Å². The summed E-state index contributed by atoms with van der Waals surface area (Å²) in [4.78, 5) is 14.6. The van der Waals surface area contributed by atoms with Gasteiger partial charge in [0.05, 0.1) is 5.02 Å². The summed E-state index contributed by atoms with van der Waals surface area (Å²) < 4.78 is 27.4. The molecule has 2 aliphatic rings. The number of nitrogens with one attached hydrogen (secondary N) is 1. The first-order chi connectivity index (χ1) is 13.4. The van der Waals surface area contributed by atoms with Crippen molar-refractivity contribution in [1.82, 2.24) is 14.5 Å². The number of allylic oxidation sites excluding steroid dienone is 1. The Labute approximate surface area is 172 Å². The molecule has 1 aliphatic heterocycles. The summed E-state index contributed by atoms with van der Waals surface area (Å²) in [7, 11) is -1.76. The maximum Gasteiger partial charge on any atom is 0.251 e. The molecule has 1 N–H and O–H groups in total. The molecule has 0 radical (unpaired) electrons. The lowest BCUT2D eigenvalue weighted by molar-refractivity contribution is 0.0954. The molecule has 1 aromatic rings. The van der Waals surface area contributed by atoms with Gasteiger partial charge in [-0.05, 0) is 57.4 Å². The average molecular weight is 426 g/mol. The SMILES string of the molecule is CN1CCN(S(=O)(=O)c2cc(C(=O)NCCC3=CCCCC3)ccc2Cl)CC1. The summed E-state index contributed by atoms with van der Waals surface area (Å²) in [5.74, 6) is -0.275. The van der Waals surface area contributed by atoms with Crippen molar-refractivity contribution < 1.29 is 13.2 Å². The van der Waals surface area contributed by atoms with Gasteiger partial charge >= 0.3 is 0 Å². The van der Waals surface area contributed by atoms with E-state index in [1.807, 2.05) is 7.05 Å². The maximum absolute atomic E-state index is 13.0. The fourth-order valence-electron chi connectivity index (χ4n) is 3.58. The second-order valence-electron chi connectivity index (χ2n) is 7.47. The van der Waals surface area contributed by atoms with Crippen LogP contribution in [0.5, 0.6) is 0 Å². The van der Waals surface area contributed by atoms with Gasteiger partial charge in [-0.3, -0.25) is 4.79 Å². The average Bonchev–Trinajstić information content (AvgIpc) is 2.69. The zero-order chi connectivity index (χ0) is 20.1. The van der Waals surface area contributed by atoms with Crippen molar-refractivity contribution in [1.29, 1.82) is 0 Å². The van der Waals surface area contributed by atoms with Crippen LogP contribution < -0.4 is 5.32 Å². The molecule has 154 valence electrons. The molecule has 3 rings (SSSR count). The van der Waals surface area contributed by atoms with Crippen molar-refractivity contribution in [2.24, 2.45) is 0 Å². The Morgan fingerprint density at radius 3 is 2.61 bits per heavy atom. The molecule has 1 amide bonds. The highest BCUT2D eigenvalue weighted by Crippen LogP contribution is 2.27. The summed E-state index contributed by atoms with van der Waals surface area (Å²) >= 11 is 6.18. The van der Waals surface area contributed by atoms with Gasteiger partial charge in [-0.1, -0.05) is 23.3 Å². The molecular formula is C20H28ClN3O3S. The Bertz CT molecular complexity index is 846. The van der Waals surface area contributed by atoms with E-state index in [1.165, 1.54) is 34.9 Å². The van der Waals surface area contributed by atoms with Gasteiger partial charge < -0.3 is 10.2 Å². The Kier molecular flexibility index (Phi) is 7.15. The van der Waals surface area contributed by atoms with Crippen LogP contribution in [0.1, 0.15) is 42.5 Å². The zero-order valence-corrected chi connectivity index (χ0v) is 17.9. The van der Waals surface area contributed by atoms with E-state index >= 15 is 0 Å². The molecule has 0 atom stereocenters. The van der Waals surface area contributed by atoms with Crippen LogP contribution in [0.15, 0.2) is 34.7 Å². The summed E-state index contributed by atoms with van der Waals surface area (Å²) in [5.41, 5.74) is 1.70. The molecular weight excluding hydrogens is 398 g/mol. The third-order valence-corrected chi connectivity index (χ3v) is 7.77. The van der Waals surface area contributed by atoms with E-state index in [1.54, 1.807) is 6.07 Å². The monoisotopic (exact) mass is 425 g/mol. The highest BCUT2D eigenvalue weighted by Gasteiger charge is 2.30. The molecule has 6 nitrogen and oxygen atoms in total. The first-order valence-electron chi connectivity index (χ1n) is 9.82. The van der Waals surface area contributed by atoms with E-state index in [2.05, 4.69) is 16.3 Å².